The number of imidazole rings is 1. The van der Waals surface area contributed by atoms with E-state index in [0.717, 1.165) is 12.8 Å². The van der Waals surface area contributed by atoms with Crippen LogP contribution in [-0.4, -0.2) is 18.4 Å². The van der Waals surface area contributed by atoms with E-state index in [9.17, 15) is 8.42 Å². The van der Waals surface area contributed by atoms with Crippen molar-refractivity contribution in [2.45, 2.75) is 30.2 Å². The molecule has 0 atom stereocenters. The molecule has 1 fully saturated rings. The lowest BCUT2D eigenvalue weighted by Gasteiger charge is -2.22. The Hall–Kier alpha value is -0.400. The second-order valence-corrected chi connectivity index (χ2v) is 5.66. The highest BCUT2D eigenvalue weighted by atomic mass is 79.9. The van der Waals surface area contributed by atoms with E-state index in [4.69, 9.17) is 5.14 Å². The van der Waals surface area contributed by atoms with Crippen LogP contribution in [0.15, 0.2) is 9.63 Å². The maximum atomic E-state index is 11.1. The van der Waals surface area contributed by atoms with Crippen LogP contribution in [0.5, 0.6) is 0 Å². The number of nitrogens with zero attached hydrogens (tertiary/aromatic N) is 1. The van der Waals surface area contributed by atoms with Gasteiger partial charge in [-0.05, 0) is 28.8 Å². The van der Waals surface area contributed by atoms with Crippen molar-refractivity contribution in [2.24, 2.45) is 5.14 Å². The second kappa shape index (κ2) is 3.32. The van der Waals surface area contributed by atoms with E-state index in [0.29, 0.717) is 11.7 Å². The standard InChI is InChI=1S/C7H10BrN3O2S/c8-5-7(14(9,12)13)11-6(10-5)4-2-1-3-4/h4H,1-3H2,(H,10,11)(H2,9,12,13). The summed E-state index contributed by atoms with van der Waals surface area (Å²) in [6.07, 6.45) is 3.29. The smallest absolute Gasteiger partial charge is 0.256 e. The molecule has 0 bridgehead atoms. The molecule has 0 saturated heterocycles. The Morgan fingerprint density at radius 1 is 1.50 bits per heavy atom. The summed E-state index contributed by atoms with van der Waals surface area (Å²) in [5.74, 6) is 1.08. The fraction of sp³-hybridized carbons (Fsp3) is 0.571. The number of H-pyrrole nitrogens is 1. The summed E-state index contributed by atoms with van der Waals surface area (Å²) < 4.78 is 22.4. The molecule has 7 heteroatoms. The molecule has 1 aliphatic rings. The summed E-state index contributed by atoms with van der Waals surface area (Å²) in [4.78, 5) is 6.85. The van der Waals surface area contributed by atoms with Gasteiger partial charge in [0.05, 0.1) is 0 Å². The van der Waals surface area contributed by atoms with Crippen molar-refractivity contribution in [3.63, 3.8) is 0 Å². The molecule has 1 saturated carbocycles. The highest BCUT2D eigenvalue weighted by Gasteiger charge is 2.26. The first kappa shape index (κ1) is 10.1. The quantitative estimate of drug-likeness (QED) is 0.849. The Morgan fingerprint density at radius 2 is 2.14 bits per heavy atom. The van der Waals surface area contributed by atoms with Crippen LogP contribution < -0.4 is 5.14 Å². The number of hydrogen-bond donors (Lipinski definition) is 2. The Bertz CT molecular complexity index is 450. The van der Waals surface area contributed by atoms with Crippen molar-refractivity contribution < 1.29 is 8.42 Å². The number of nitrogens with two attached hydrogens (primary N) is 1. The zero-order chi connectivity index (χ0) is 10.3. The van der Waals surface area contributed by atoms with Crippen LogP contribution in [-0.2, 0) is 10.0 Å². The van der Waals surface area contributed by atoms with Gasteiger partial charge in [-0.1, -0.05) is 6.42 Å². The van der Waals surface area contributed by atoms with Crippen molar-refractivity contribution in [2.75, 3.05) is 0 Å². The van der Waals surface area contributed by atoms with Gasteiger partial charge in [-0.15, -0.1) is 0 Å². The number of primary sulfonamides is 1. The fourth-order valence-corrected chi connectivity index (χ4v) is 2.91. The third-order valence-corrected chi connectivity index (χ3v) is 4.12. The zero-order valence-electron chi connectivity index (χ0n) is 7.33. The molecule has 2 rings (SSSR count). The van der Waals surface area contributed by atoms with Crippen LogP contribution in [0, 0.1) is 0 Å². The Labute approximate surface area is 90.3 Å². The monoisotopic (exact) mass is 279 g/mol. The van der Waals surface area contributed by atoms with Crippen LogP contribution in [0.25, 0.3) is 0 Å². The number of nitrogens with one attached hydrogen (secondary N) is 1. The lowest BCUT2D eigenvalue weighted by atomic mass is 9.85. The van der Waals surface area contributed by atoms with E-state index in [2.05, 4.69) is 25.9 Å². The molecule has 5 nitrogen and oxygen atoms in total. The van der Waals surface area contributed by atoms with Gasteiger partial charge in [0, 0.05) is 5.92 Å². The maximum absolute atomic E-state index is 11.1. The van der Waals surface area contributed by atoms with Gasteiger partial charge in [0.2, 0.25) is 0 Å². The van der Waals surface area contributed by atoms with E-state index >= 15 is 0 Å². The van der Waals surface area contributed by atoms with Gasteiger partial charge < -0.3 is 4.98 Å². The van der Waals surface area contributed by atoms with Crippen molar-refractivity contribution in [1.29, 1.82) is 0 Å². The van der Waals surface area contributed by atoms with Gasteiger partial charge >= 0.3 is 0 Å². The molecule has 0 radical (unpaired) electrons. The number of sulfonamides is 1. The first-order valence-corrected chi connectivity index (χ1v) is 6.60. The third-order valence-electron chi connectivity index (χ3n) is 2.42. The molecule has 78 valence electrons. The molecule has 1 aromatic rings. The largest absolute Gasteiger partial charge is 0.331 e. The summed E-state index contributed by atoms with van der Waals surface area (Å²) in [6.45, 7) is 0. The lowest BCUT2D eigenvalue weighted by molar-refractivity contribution is 0.403. The third kappa shape index (κ3) is 1.71. The fourth-order valence-electron chi connectivity index (χ4n) is 1.42. The van der Waals surface area contributed by atoms with E-state index in [1.165, 1.54) is 6.42 Å². The molecule has 3 N–H and O–H groups in total. The summed E-state index contributed by atoms with van der Waals surface area (Å²) in [6, 6.07) is 0. The van der Waals surface area contributed by atoms with Gasteiger partial charge in [0.15, 0.2) is 5.03 Å². The van der Waals surface area contributed by atoms with Crippen molar-refractivity contribution >= 4 is 26.0 Å². The van der Waals surface area contributed by atoms with Crippen LogP contribution in [0.4, 0.5) is 0 Å². The normalized spacial score (nSPS) is 18.1. The number of halogens is 1. The summed E-state index contributed by atoms with van der Waals surface area (Å²) in [5, 5.41) is 4.97. The van der Waals surface area contributed by atoms with E-state index in [1.54, 1.807) is 0 Å². The first-order valence-electron chi connectivity index (χ1n) is 4.26. The molecule has 1 aliphatic carbocycles. The van der Waals surface area contributed by atoms with E-state index in [-0.39, 0.29) is 9.63 Å². The minimum atomic E-state index is -3.70. The highest BCUT2D eigenvalue weighted by Crippen LogP contribution is 2.36. The summed E-state index contributed by atoms with van der Waals surface area (Å²) >= 11 is 3.07. The maximum Gasteiger partial charge on any atom is 0.256 e. The SMILES string of the molecule is NS(=O)(=O)c1[nH]c(C2CCC2)nc1Br. The molecule has 1 heterocycles. The molecule has 14 heavy (non-hydrogen) atoms. The van der Waals surface area contributed by atoms with Crippen molar-refractivity contribution in [3.05, 3.63) is 10.4 Å². The predicted octanol–water partition coefficient (Wildman–Crippen LogP) is 1.09. The Balaban J connectivity index is 2.39. The topological polar surface area (TPSA) is 88.8 Å². The number of aromatic amines is 1. The van der Waals surface area contributed by atoms with E-state index in [1.807, 2.05) is 0 Å². The van der Waals surface area contributed by atoms with Gasteiger partial charge in [-0.3, -0.25) is 0 Å². The minimum absolute atomic E-state index is 0.0283. The van der Waals surface area contributed by atoms with Crippen molar-refractivity contribution in [3.8, 4) is 0 Å². The second-order valence-electron chi connectivity index (χ2n) is 3.41. The van der Waals surface area contributed by atoms with Crippen LogP contribution in [0.3, 0.4) is 0 Å². The molecular weight excluding hydrogens is 270 g/mol. The lowest BCUT2D eigenvalue weighted by Crippen LogP contribution is -2.14. The van der Waals surface area contributed by atoms with Crippen LogP contribution in [0.1, 0.15) is 31.0 Å². The summed E-state index contributed by atoms with van der Waals surface area (Å²) in [7, 11) is -3.70. The molecule has 1 aromatic heterocycles. The first-order chi connectivity index (χ1) is 6.48. The Morgan fingerprint density at radius 3 is 2.50 bits per heavy atom. The molecule has 0 aliphatic heterocycles. The molecule has 0 amide bonds. The zero-order valence-corrected chi connectivity index (χ0v) is 9.73. The van der Waals surface area contributed by atoms with Crippen LogP contribution >= 0.6 is 15.9 Å². The molecule has 0 unspecified atom stereocenters. The summed E-state index contributed by atoms with van der Waals surface area (Å²) in [5.41, 5.74) is 0. The van der Waals surface area contributed by atoms with E-state index < -0.39 is 10.0 Å². The van der Waals surface area contributed by atoms with Crippen LogP contribution in [0.2, 0.25) is 0 Å². The molecule has 0 aromatic carbocycles. The number of aromatic nitrogens is 2. The van der Waals surface area contributed by atoms with Crippen molar-refractivity contribution in [1.82, 2.24) is 9.97 Å². The highest BCUT2D eigenvalue weighted by molar-refractivity contribution is 9.10. The van der Waals surface area contributed by atoms with Gasteiger partial charge in [0.1, 0.15) is 10.4 Å². The average molecular weight is 280 g/mol. The minimum Gasteiger partial charge on any atom is -0.331 e. The predicted molar refractivity (Wildman–Crippen MR) is 54.3 cm³/mol. The Kier molecular flexibility index (Phi) is 2.40. The molecule has 0 spiro atoms. The number of hydrogen-bond acceptors (Lipinski definition) is 3. The average Bonchev–Trinajstić information content (AvgIpc) is 2.25. The number of rotatable bonds is 2. The molecular formula is C7H10BrN3O2S. The van der Waals surface area contributed by atoms with Gasteiger partial charge in [0.25, 0.3) is 10.0 Å². The van der Waals surface area contributed by atoms with Gasteiger partial charge in [-0.25, -0.2) is 18.5 Å². The van der Waals surface area contributed by atoms with Gasteiger partial charge in [-0.2, -0.15) is 0 Å².